The molecule has 5 heteroatoms. The highest BCUT2D eigenvalue weighted by Gasteiger charge is 2.54. The van der Waals surface area contributed by atoms with Crippen molar-refractivity contribution < 1.29 is 0 Å². The number of nitrogens with zero attached hydrogens (tertiary/aromatic N) is 4. The molecule has 0 saturated heterocycles. The van der Waals surface area contributed by atoms with Crippen LogP contribution in [0.4, 0.5) is 0 Å². The summed E-state index contributed by atoms with van der Waals surface area (Å²) in [4.78, 5) is 2.14. The topological polar surface area (TPSA) is 101 Å². The third kappa shape index (κ3) is 2.39. The summed E-state index contributed by atoms with van der Waals surface area (Å²) >= 11 is 0. The van der Waals surface area contributed by atoms with Gasteiger partial charge >= 0.3 is 0 Å². The number of likely N-dealkylation sites (N-methyl/N-ethyl adjacent to an activating group) is 1. The Morgan fingerprint density at radius 2 is 1.85 bits per heavy atom. The number of nitrogens with two attached hydrogens (primary N) is 1. The fourth-order valence-electron chi connectivity index (χ4n) is 4.16. The smallest absolute Gasteiger partial charge is 0.191 e. The van der Waals surface area contributed by atoms with Crippen LogP contribution < -0.4 is 5.73 Å². The molecular weight excluding hydrogens is 322 g/mol. The van der Waals surface area contributed by atoms with Crippen molar-refractivity contribution >= 4 is 0 Å². The predicted octanol–water partition coefficient (Wildman–Crippen LogP) is 2.66. The number of hydrogen-bond donors (Lipinski definition) is 1. The number of fused-ring (bicyclic) bond motifs is 1. The first kappa shape index (κ1) is 17.7. The summed E-state index contributed by atoms with van der Waals surface area (Å²) in [6, 6.07) is 12.5. The zero-order valence-corrected chi connectivity index (χ0v) is 15.2. The number of rotatable bonds is 1. The van der Waals surface area contributed by atoms with Gasteiger partial charge in [0.25, 0.3) is 0 Å². The van der Waals surface area contributed by atoms with Crippen molar-refractivity contribution in [3.63, 3.8) is 0 Å². The summed E-state index contributed by atoms with van der Waals surface area (Å²) in [7, 11) is 2.00. The molecule has 2 N–H and O–H groups in total. The van der Waals surface area contributed by atoms with Gasteiger partial charge in [-0.25, -0.2) is 0 Å². The third-order valence-corrected chi connectivity index (χ3v) is 5.74. The van der Waals surface area contributed by atoms with E-state index in [1.165, 1.54) is 0 Å². The van der Waals surface area contributed by atoms with Crippen LogP contribution in [0.5, 0.6) is 0 Å². The fraction of sp³-hybridized carbons (Fsp3) is 0.381. The van der Waals surface area contributed by atoms with Gasteiger partial charge in [-0.15, -0.1) is 0 Å². The maximum atomic E-state index is 10.0. The Morgan fingerprint density at radius 3 is 2.42 bits per heavy atom. The van der Waals surface area contributed by atoms with Crippen molar-refractivity contribution in [2.45, 2.75) is 19.8 Å². The van der Waals surface area contributed by atoms with Gasteiger partial charge in [0.1, 0.15) is 6.07 Å². The Morgan fingerprint density at radius 1 is 1.15 bits per heavy atom. The molecule has 0 fully saturated rings. The normalized spacial score (nSPS) is 24.7. The van der Waals surface area contributed by atoms with Crippen molar-refractivity contribution in [2.75, 3.05) is 20.1 Å². The van der Waals surface area contributed by atoms with E-state index in [9.17, 15) is 15.8 Å². The van der Waals surface area contributed by atoms with Crippen LogP contribution in [0.3, 0.4) is 0 Å². The van der Waals surface area contributed by atoms with Crippen LogP contribution in [-0.4, -0.2) is 25.0 Å². The Kier molecular flexibility index (Phi) is 4.33. The Balaban J connectivity index is 2.34. The van der Waals surface area contributed by atoms with Crippen molar-refractivity contribution in [1.29, 1.82) is 15.8 Å². The minimum atomic E-state index is -1.55. The molecule has 0 aromatic heterocycles. The summed E-state index contributed by atoms with van der Waals surface area (Å²) in [6.07, 6.45) is 2.01. The van der Waals surface area contributed by atoms with E-state index in [-0.39, 0.29) is 11.6 Å². The molecule has 2 unspecified atom stereocenters. The molecule has 2 atom stereocenters. The SMILES string of the molecule is Cc1ccc(C2C3CN(C)CC=C3C(C#N)=C(N)C2(C#N)C#N)cc1C. The third-order valence-electron chi connectivity index (χ3n) is 5.74. The summed E-state index contributed by atoms with van der Waals surface area (Å²) in [5.41, 5.74) is 9.17. The number of aryl methyl sites for hydroxylation is 2. The van der Waals surface area contributed by atoms with Crippen molar-refractivity contribution in [3.05, 3.63) is 57.8 Å². The first-order valence-corrected chi connectivity index (χ1v) is 8.58. The van der Waals surface area contributed by atoms with Gasteiger partial charge in [0, 0.05) is 24.9 Å². The molecule has 130 valence electrons. The second-order valence-corrected chi connectivity index (χ2v) is 7.24. The second-order valence-electron chi connectivity index (χ2n) is 7.24. The Hall–Kier alpha value is -3.07. The summed E-state index contributed by atoms with van der Waals surface area (Å²) < 4.78 is 0. The van der Waals surface area contributed by atoms with Gasteiger partial charge in [-0.1, -0.05) is 24.3 Å². The zero-order valence-electron chi connectivity index (χ0n) is 15.2. The molecular formula is C21H21N5. The van der Waals surface area contributed by atoms with Crippen LogP contribution in [-0.2, 0) is 0 Å². The van der Waals surface area contributed by atoms with Gasteiger partial charge in [0.2, 0.25) is 0 Å². The van der Waals surface area contributed by atoms with Gasteiger partial charge in [0.15, 0.2) is 5.41 Å². The summed E-state index contributed by atoms with van der Waals surface area (Å²) in [5, 5.41) is 29.7. The highest BCUT2D eigenvalue weighted by Crippen LogP contribution is 2.54. The lowest BCUT2D eigenvalue weighted by Gasteiger charge is -2.45. The fourth-order valence-corrected chi connectivity index (χ4v) is 4.16. The molecule has 26 heavy (non-hydrogen) atoms. The van der Waals surface area contributed by atoms with Crippen molar-refractivity contribution in [2.24, 2.45) is 17.1 Å². The van der Waals surface area contributed by atoms with Gasteiger partial charge in [-0.2, -0.15) is 15.8 Å². The Bertz CT molecular complexity index is 934. The first-order chi connectivity index (χ1) is 12.4. The lowest BCUT2D eigenvalue weighted by Crippen LogP contribution is -2.47. The highest BCUT2D eigenvalue weighted by atomic mass is 15.1. The van der Waals surface area contributed by atoms with Crippen LogP contribution in [0, 0.1) is 59.2 Å². The highest BCUT2D eigenvalue weighted by molar-refractivity contribution is 5.59. The lowest BCUT2D eigenvalue weighted by atomic mass is 9.58. The minimum Gasteiger partial charge on any atom is -0.399 e. The summed E-state index contributed by atoms with van der Waals surface area (Å²) in [6.45, 7) is 5.44. The number of nitriles is 3. The maximum Gasteiger partial charge on any atom is 0.191 e. The molecule has 5 nitrogen and oxygen atoms in total. The molecule has 0 amide bonds. The van der Waals surface area contributed by atoms with Crippen molar-refractivity contribution in [3.8, 4) is 18.2 Å². The lowest BCUT2D eigenvalue weighted by molar-refractivity contribution is 0.237. The van der Waals surface area contributed by atoms with E-state index in [0.717, 1.165) is 28.8 Å². The standard InChI is InChI=1S/C21H21N5/c1-13-4-5-15(8-14(13)2)19-18-10-26(3)7-6-16(18)17(9-22)20(25)21(19,11-23)12-24/h4-6,8,18-19H,7,10,25H2,1-3H3. The molecule has 3 rings (SSSR count). The molecule has 1 aromatic rings. The molecule has 1 aliphatic heterocycles. The molecule has 1 heterocycles. The average molecular weight is 343 g/mol. The van der Waals surface area contributed by atoms with Crippen molar-refractivity contribution in [1.82, 2.24) is 4.90 Å². The van der Waals surface area contributed by atoms with E-state index in [0.29, 0.717) is 12.1 Å². The maximum absolute atomic E-state index is 10.0. The van der Waals surface area contributed by atoms with Crippen LogP contribution in [0.15, 0.2) is 41.1 Å². The average Bonchev–Trinajstić information content (AvgIpc) is 2.63. The minimum absolute atomic E-state index is 0.0836. The van der Waals surface area contributed by atoms with E-state index in [4.69, 9.17) is 5.73 Å². The monoisotopic (exact) mass is 343 g/mol. The van der Waals surface area contributed by atoms with E-state index in [1.54, 1.807) is 0 Å². The Labute approximate surface area is 154 Å². The molecule has 2 aliphatic rings. The zero-order chi connectivity index (χ0) is 19.1. The van der Waals surface area contributed by atoms with Crippen LogP contribution >= 0.6 is 0 Å². The number of benzene rings is 1. The van der Waals surface area contributed by atoms with E-state index in [2.05, 4.69) is 23.1 Å². The molecule has 0 radical (unpaired) electrons. The molecule has 1 aliphatic carbocycles. The van der Waals surface area contributed by atoms with Crippen LogP contribution in [0.2, 0.25) is 0 Å². The van der Waals surface area contributed by atoms with Gasteiger partial charge in [-0.05, 0) is 43.2 Å². The van der Waals surface area contributed by atoms with E-state index in [1.807, 2.05) is 45.2 Å². The van der Waals surface area contributed by atoms with Crippen LogP contribution in [0.1, 0.15) is 22.6 Å². The molecule has 0 bridgehead atoms. The van der Waals surface area contributed by atoms with Gasteiger partial charge < -0.3 is 10.6 Å². The van der Waals surface area contributed by atoms with Gasteiger partial charge in [-0.3, -0.25) is 0 Å². The van der Waals surface area contributed by atoms with Gasteiger partial charge in [0.05, 0.1) is 23.4 Å². The molecule has 1 aromatic carbocycles. The van der Waals surface area contributed by atoms with E-state index >= 15 is 0 Å². The molecule has 0 spiro atoms. The molecule has 0 saturated carbocycles. The van der Waals surface area contributed by atoms with E-state index < -0.39 is 11.3 Å². The summed E-state index contributed by atoms with van der Waals surface area (Å²) in [5.74, 6) is -0.542. The number of hydrogen-bond acceptors (Lipinski definition) is 5. The largest absolute Gasteiger partial charge is 0.399 e. The predicted molar refractivity (Wildman–Crippen MR) is 98.2 cm³/mol. The quantitative estimate of drug-likeness (QED) is 0.845. The van der Waals surface area contributed by atoms with Crippen LogP contribution in [0.25, 0.3) is 0 Å². The first-order valence-electron chi connectivity index (χ1n) is 8.58. The second kappa shape index (κ2) is 6.34. The number of allylic oxidation sites excluding steroid dienone is 2.